The van der Waals surface area contributed by atoms with Crippen molar-refractivity contribution in [3.05, 3.63) is 29.8 Å². The Morgan fingerprint density at radius 1 is 1.47 bits per heavy atom. The van der Waals surface area contributed by atoms with Crippen LogP contribution in [0.1, 0.15) is 38.2 Å². The van der Waals surface area contributed by atoms with E-state index in [1.165, 1.54) is 5.56 Å². The van der Waals surface area contributed by atoms with Crippen molar-refractivity contribution >= 4 is 11.6 Å². The second-order valence-corrected chi connectivity index (χ2v) is 4.92. The number of nitrogens with one attached hydrogen (secondary N) is 2. The second-order valence-electron chi connectivity index (χ2n) is 4.92. The van der Waals surface area contributed by atoms with Gasteiger partial charge in [-0.2, -0.15) is 0 Å². The molecule has 1 atom stereocenters. The molecule has 1 aromatic rings. The van der Waals surface area contributed by atoms with E-state index in [4.69, 9.17) is 0 Å². The van der Waals surface area contributed by atoms with Crippen molar-refractivity contribution in [1.82, 2.24) is 5.32 Å². The van der Waals surface area contributed by atoms with Crippen molar-refractivity contribution in [2.45, 2.75) is 38.6 Å². The van der Waals surface area contributed by atoms with Gasteiger partial charge in [0.1, 0.15) is 0 Å². The van der Waals surface area contributed by atoms with Crippen molar-refractivity contribution in [2.24, 2.45) is 0 Å². The fraction of sp³-hybridized carbons (Fsp3) is 0.500. The standard InChI is InChI=1S/C14H20N2O/c1-10(2)11-5-3-6-12(9-11)16-14(17)13-7-4-8-15-13/h3,5-6,9-10,13,15H,4,7-8H2,1-2H3,(H,16,17)/t13-/m0/s1. The van der Waals surface area contributed by atoms with Crippen LogP contribution in [0.3, 0.4) is 0 Å². The summed E-state index contributed by atoms with van der Waals surface area (Å²) in [7, 11) is 0. The molecule has 92 valence electrons. The first-order chi connectivity index (χ1) is 8.16. The lowest BCUT2D eigenvalue weighted by molar-refractivity contribution is -0.117. The molecule has 1 fully saturated rings. The number of benzene rings is 1. The Hall–Kier alpha value is -1.35. The molecule has 1 aromatic carbocycles. The summed E-state index contributed by atoms with van der Waals surface area (Å²) in [6.45, 7) is 5.25. The number of anilines is 1. The van der Waals surface area contributed by atoms with Crippen LogP contribution in [0, 0.1) is 0 Å². The molecule has 1 heterocycles. The fourth-order valence-corrected chi connectivity index (χ4v) is 2.11. The van der Waals surface area contributed by atoms with E-state index in [-0.39, 0.29) is 11.9 Å². The zero-order valence-corrected chi connectivity index (χ0v) is 10.5. The molecule has 0 unspecified atom stereocenters. The van der Waals surface area contributed by atoms with E-state index in [1.54, 1.807) is 0 Å². The number of hydrogen-bond acceptors (Lipinski definition) is 2. The molecular weight excluding hydrogens is 212 g/mol. The van der Waals surface area contributed by atoms with Crippen LogP contribution in [0.4, 0.5) is 5.69 Å². The van der Waals surface area contributed by atoms with Gasteiger partial charge in [-0.15, -0.1) is 0 Å². The van der Waals surface area contributed by atoms with E-state index in [2.05, 4.69) is 36.6 Å². The third-order valence-electron chi connectivity index (χ3n) is 3.20. The van der Waals surface area contributed by atoms with Gasteiger partial charge in [-0.25, -0.2) is 0 Å². The summed E-state index contributed by atoms with van der Waals surface area (Å²) in [5.41, 5.74) is 2.15. The van der Waals surface area contributed by atoms with Crippen molar-refractivity contribution in [3.63, 3.8) is 0 Å². The largest absolute Gasteiger partial charge is 0.325 e. The molecule has 17 heavy (non-hydrogen) atoms. The summed E-state index contributed by atoms with van der Waals surface area (Å²) in [5, 5.41) is 6.18. The quantitative estimate of drug-likeness (QED) is 0.840. The van der Waals surface area contributed by atoms with Gasteiger partial charge in [-0.05, 0) is 43.0 Å². The van der Waals surface area contributed by atoms with Crippen LogP contribution < -0.4 is 10.6 Å². The van der Waals surface area contributed by atoms with Gasteiger partial charge in [0.2, 0.25) is 5.91 Å². The summed E-state index contributed by atoms with van der Waals surface area (Å²) >= 11 is 0. The first-order valence-electron chi connectivity index (χ1n) is 6.31. The molecule has 0 bridgehead atoms. The number of rotatable bonds is 3. The van der Waals surface area contributed by atoms with Crippen LogP contribution in [0.15, 0.2) is 24.3 Å². The highest BCUT2D eigenvalue weighted by molar-refractivity contribution is 5.95. The van der Waals surface area contributed by atoms with Crippen molar-refractivity contribution < 1.29 is 4.79 Å². The zero-order valence-electron chi connectivity index (χ0n) is 10.5. The lowest BCUT2D eigenvalue weighted by atomic mass is 10.0. The normalized spacial score (nSPS) is 19.6. The molecular formula is C14H20N2O. The summed E-state index contributed by atoms with van der Waals surface area (Å²) in [6, 6.07) is 8.06. The topological polar surface area (TPSA) is 41.1 Å². The minimum absolute atomic E-state index is 0.0160. The first kappa shape index (κ1) is 12.1. The van der Waals surface area contributed by atoms with Crippen LogP contribution in [-0.2, 0) is 4.79 Å². The lowest BCUT2D eigenvalue weighted by Gasteiger charge is -2.13. The average Bonchev–Trinajstić information content (AvgIpc) is 2.82. The predicted octanol–water partition coefficient (Wildman–Crippen LogP) is 2.50. The van der Waals surface area contributed by atoms with Crippen LogP contribution >= 0.6 is 0 Å². The summed E-state index contributed by atoms with van der Waals surface area (Å²) in [5.74, 6) is 0.569. The Labute approximate surface area is 103 Å². The fourth-order valence-electron chi connectivity index (χ4n) is 2.11. The van der Waals surface area contributed by atoms with Gasteiger partial charge in [-0.1, -0.05) is 26.0 Å². The molecule has 2 rings (SSSR count). The number of carbonyl (C=O) groups is 1. The maximum absolute atomic E-state index is 11.9. The molecule has 1 aliphatic heterocycles. The number of carbonyl (C=O) groups excluding carboxylic acids is 1. The minimum atomic E-state index is -0.0160. The van der Waals surface area contributed by atoms with Crippen LogP contribution in [0.2, 0.25) is 0 Å². The highest BCUT2D eigenvalue weighted by Gasteiger charge is 2.21. The Morgan fingerprint density at radius 3 is 2.94 bits per heavy atom. The average molecular weight is 232 g/mol. The maximum atomic E-state index is 11.9. The van der Waals surface area contributed by atoms with Gasteiger partial charge < -0.3 is 10.6 Å². The van der Waals surface area contributed by atoms with E-state index in [0.29, 0.717) is 5.92 Å². The molecule has 1 aliphatic rings. The maximum Gasteiger partial charge on any atom is 0.241 e. The number of hydrogen-bond donors (Lipinski definition) is 2. The van der Waals surface area contributed by atoms with Crippen LogP contribution in [0.5, 0.6) is 0 Å². The molecule has 0 saturated carbocycles. The molecule has 3 heteroatoms. The smallest absolute Gasteiger partial charge is 0.241 e. The van der Waals surface area contributed by atoms with Gasteiger partial charge in [0, 0.05) is 5.69 Å². The SMILES string of the molecule is CC(C)c1cccc(NC(=O)[C@@H]2CCCN2)c1. The lowest BCUT2D eigenvalue weighted by Crippen LogP contribution is -2.35. The summed E-state index contributed by atoms with van der Waals surface area (Å²) < 4.78 is 0. The van der Waals surface area contributed by atoms with Crippen LogP contribution in [-0.4, -0.2) is 18.5 Å². The first-order valence-corrected chi connectivity index (χ1v) is 6.31. The van der Waals surface area contributed by atoms with E-state index in [1.807, 2.05) is 12.1 Å². The van der Waals surface area contributed by atoms with Gasteiger partial charge >= 0.3 is 0 Å². The van der Waals surface area contributed by atoms with Gasteiger partial charge in [-0.3, -0.25) is 4.79 Å². The third kappa shape index (κ3) is 3.07. The highest BCUT2D eigenvalue weighted by atomic mass is 16.2. The van der Waals surface area contributed by atoms with Gasteiger partial charge in [0.15, 0.2) is 0 Å². The van der Waals surface area contributed by atoms with Crippen molar-refractivity contribution in [2.75, 3.05) is 11.9 Å². The van der Waals surface area contributed by atoms with Gasteiger partial charge in [0.25, 0.3) is 0 Å². The monoisotopic (exact) mass is 232 g/mol. The van der Waals surface area contributed by atoms with E-state index >= 15 is 0 Å². The molecule has 1 amide bonds. The highest BCUT2D eigenvalue weighted by Crippen LogP contribution is 2.19. The molecule has 0 spiro atoms. The number of amides is 1. The van der Waals surface area contributed by atoms with E-state index in [0.717, 1.165) is 25.1 Å². The summed E-state index contributed by atoms with van der Waals surface area (Å²) in [6.07, 6.45) is 2.03. The molecule has 1 saturated heterocycles. The second kappa shape index (κ2) is 5.32. The molecule has 3 nitrogen and oxygen atoms in total. The Morgan fingerprint density at radius 2 is 2.29 bits per heavy atom. The Kier molecular flexibility index (Phi) is 3.79. The van der Waals surface area contributed by atoms with E-state index < -0.39 is 0 Å². The minimum Gasteiger partial charge on any atom is -0.325 e. The molecule has 0 aromatic heterocycles. The Balaban J connectivity index is 2.02. The van der Waals surface area contributed by atoms with Gasteiger partial charge in [0.05, 0.1) is 6.04 Å². The van der Waals surface area contributed by atoms with Crippen molar-refractivity contribution in [1.29, 1.82) is 0 Å². The summed E-state index contributed by atoms with van der Waals surface area (Å²) in [4.78, 5) is 11.9. The van der Waals surface area contributed by atoms with E-state index in [9.17, 15) is 4.79 Å². The van der Waals surface area contributed by atoms with Crippen LogP contribution in [0.25, 0.3) is 0 Å². The predicted molar refractivity (Wildman–Crippen MR) is 70.2 cm³/mol. The Bertz CT molecular complexity index is 395. The molecule has 0 aliphatic carbocycles. The molecule has 2 N–H and O–H groups in total. The van der Waals surface area contributed by atoms with Crippen molar-refractivity contribution in [3.8, 4) is 0 Å². The zero-order chi connectivity index (χ0) is 12.3. The third-order valence-corrected chi connectivity index (χ3v) is 3.20. The molecule has 0 radical (unpaired) electrons.